The van der Waals surface area contributed by atoms with E-state index in [1.807, 2.05) is 43.1 Å². The molecule has 4 nitrogen and oxygen atoms in total. The number of anilines is 1. The van der Waals surface area contributed by atoms with Crippen LogP contribution in [-0.4, -0.2) is 42.0 Å². The highest BCUT2D eigenvalue weighted by Gasteiger charge is 2.30. The molecule has 6 heteroatoms. The van der Waals surface area contributed by atoms with Crippen LogP contribution in [0.3, 0.4) is 0 Å². The second kappa shape index (κ2) is 5.46. The number of likely N-dealkylation sites (N-methyl/N-ethyl adjacent to an activating group) is 1. The van der Waals surface area contributed by atoms with Crippen molar-refractivity contribution in [1.29, 1.82) is 0 Å². The number of hydrogen-bond acceptors (Lipinski definition) is 3. The van der Waals surface area contributed by atoms with Crippen LogP contribution in [0.25, 0.3) is 10.9 Å². The minimum atomic E-state index is -0.209. The van der Waals surface area contributed by atoms with E-state index in [9.17, 15) is 4.79 Å². The number of aromatic nitrogens is 1. The van der Waals surface area contributed by atoms with Crippen molar-refractivity contribution in [1.82, 2.24) is 9.88 Å². The van der Waals surface area contributed by atoms with Gasteiger partial charge in [-0.1, -0.05) is 27.5 Å². The van der Waals surface area contributed by atoms with E-state index in [2.05, 4.69) is 20.9 Å². The van der Waals surface area contributed by atoms with E-state index in [0.717, 1.165) is 27.7 Å². The number of carbonyl (C=O) groups excluding carboxylic acids is 1. The Hall–Kier alpha value is -1.33. The Morgan fingerprint density at radius 3 is 2.81 bits per heavy atom. The van der Waals surface area contributed by atoms with E-state index in [1.165, 1.54) is 0 Å². The van der Waals surface area contributed by atoms with Gasteiger partial charge in [0.15, 0.2) is 0 Å². The Morgan fingerprint density at radius 2 is 2.05 bits per heavy atom. The van der Waals surface area contributed by atoms with Gasteiger partial charge in [-0.3, -0.25) is 4.79 Å². The third-order valence-corrected chi connectivity index (χ3v) is 4.91. The molecule has 2 aromatic rings. The standard InChI is InChI=1S/C15H15BrClN3O/c1-9-15(21)19(2)7-8-20(9)13-6-3-10-11(16)4-5-12(17)14(10)18-13/h3-6,9H,7-8H2,1-2H3. The van der Waals surface area contributed by atoms with E-state index in [1.54, 1.807) is 4.90 Å². The molecule has 0 bridgehead atoms. The van der Waals surface area contributed by atoms with Crippen LogP contribution in [0.4, 0.5) is 5.82 Å². The van der Waals surface area contributed by atoms with E-state index in [4.69, 9.17) is 11.6 Å². The lowest BCUT2D eigenvalue weighted by atomic mass is 10.1. The number of rotatable bonds is 1. The predicted octanol–water partition coefficient (Wildman–Crippen LogP) is 3.32. The lowest BCUT2D eigenvalue weighted by Crippen LogP contribution is -2.54. The van der Waals surface area contributed by atoms with Gasteiger partial charge in [-0.2, -0.15) is 0 Å². The predicted molar refractivity (Wildman–Crippen MR) is 88.9 cm³/mol. The largest absolute Gasteiger partial charge is 0.343 e. The fourth-order valence-electron chi connectivity index (χ4n) is 2.63. The number of nitrogens with zero attached hydrogens (tertiary/aromatic N) is 3. The van der Waals surface area contributed by atoms with Crippen LogP contribution in [0.5, 0.6) is 0 Å². The fourth-order valence-corrected chi connectivity index (χ4v) is 3.28. The summed E-state index contributed by atoms with van der Waals surface area (Å²) >= 11 is 9.76. The number of benzene rings is 1. The summed E-state index contributed by atoms with van der Waals surface area (Å²) in [6.07, 6.45) is 0. The van der Waals surface area contributed by atoms with E-state index >= 15 is 0 Å². The fraction of sp³-hybridized carbons (Fsp3) is 0.333. The third kappa shape index (κ3) is 2.49. The number of amides is 1. The van der Waals surface area contributed by atoms with Crippen LogP contribution in [0, 0.1) is 0 Å². The first kappa shape index (κ1) is 14.6. The first-order valence-corrected chi connectivity index (χ1v) is 7.92. The van der Waals surface area contributed by atoms with Gasteiger partial charge >= 0.3 is 0 Å². The summed E-state index contributed by atoms with van der Waals surface area (Å²) < 4.78 is 0.962. The van der Waals surface area contributed by atoms with Crippen molar-refractivity contribution in [2.75, 3.05) is 25.0 Å². The number of carbonyl (C=O) groups is 1. The molecule has 0 spiro atoms. The molecule has 1 amide bonds. The van der Waals surface area contributed by atoms with Crippen LogP contribution in [0.15, 0.2) is 28.7 Å². The molecule has 3 rings (SSSR count). The van der Waals surface area contributed by atoms with E-state index in [-0.39, 0.29) is 11.9 Å². The average molecular weight is 369 g/mol. The van der Waals surface area contributed by atoms with E-state index in [0.29, 0.717) is 11.6 Å². The molecule has 1 aromatic heterocycles. The molecule has 0 radical (unpaired) electrons. The summed E-state index contributed by atoms with van der Waals surface area (Å²) in [7, 11) is 1.83. The first-order valence-electron chi connectivity index (χ1n) is 6.75. The van der Waals surface area contributed by atoms with Gasteiger partial charge in [-0.15, -0.1) is 0 Å². The summed E-state index contributed by atoms with van der Waals surface area (Å²) in [5.74, 6) is 0.903. The van der Waals surface area contributed by atoms with Crippen LogP contribution < -0.4 is 4.90 Å². The van der Waals surface area contributed by atoms with Gasteiger partial charge in [-0.05, 0) is 31.2 Å². The number of piperazine rings is 1. The summed E-state index contributed by atoms with van der Waals surface area (Å²) in [5.41, 5.74) is 0.752. The summed E-state index contributed by atoms with van der Waals surface area (Å²) in [6.45, 7) is 3.38. The Balaban J connectivity index is 2.05. The van der Waals surface area contributed by atoms with Crippen molar-refractivity contribution < 1.29 is 4.79 Å². The molecule has 1 atom stereocenters. The maximum atomic E-state index is 12.1. The van der Waals surface area contributed by atoms with Gasteiger partial charge in [0.25, 0.3) is 0 Å². The van der Waals surface area contributed by atoms with Gasteiger partial charge in [0.2, 0.25) is 5.91 Å². The Kier molecular flexibility index (Phi) is 3.80. The average Bonchev–Trinajstić information content (AvgIpc) is 2.49. The van der Waals surface area contributed by atoms with Crippen molar-refractivity contribution >= 4 is 50.2 Å². The number of halogens is 2. The molecule has 1 aliphatic heterocycles. The molecule has 110 valence electrons. The van der Waals surface area contributed by atoms with Gasteiger partial charge in [0.05, 0.1) is 10.5 Å². The highest BCUT2D eigenvalue weighted by molar-refractivity contribution is 9.10. The molecule has 1 unspecified atom stereocenters. The Morgan fingerprint density at radius 1 is 1.29 bits per heavy atom. The highest BCUT2D eigenvalue weighted by Crippen LogP contribution is 2.31. The van der Waals surface area contributed by atoms with Crippen LogP contribution in [0.2, 0.25) is 5.02 Å². The molecular weight excluding hydrogens is 354 g/mol. The van der Waals surface area contributed by atoms with E-state index < -0.39 is 0 Å². The molecule has 0 N–H and O–H groups in total. The maximum Gasteiger partial charge on any atom is 0.244 e. The van der Waals surface area contributed by atoms with Gasteiger partial charge in [-0.25, -0.2) is 4.98 Å². The summed E-state index contributed by atoms with van der Waals surface area (Å²) in [4.78, 5) is 20.6. The maximum absolute atomic E-state index is 12.1. The van der Waals surface area contributed by atoms with Crippen LogP contribution >= 0.6 is 27.5 Å². The van der Waals surface area contributed by atoms with Gasteiger partial charge in [0, 0.05) is 30.0 Å². The van der Waals surface area contributed by atoms with Crippen LogP contribution in [0.1, 0.15) is 6.92 Å². The topological polar surface area (TPSA) is 36.4 Å². The van der Waals surface area contributed by atoms with Crippen molar-refractivity contribution in [2.24, 2.45) is 0 Å². The number of fused-ring (bicyclic) bond motifs is 1. The smallest absolute Gasteiger partial charge is 0.244 e. The zero-order valence-corrected chi connectivity index (χ0v) is 14.1. The monoisotopic (exact) mass is 367 g/mol. The zero-order chi connectivity index (χ0) is 15.1. The highest BCUT2D eigenvalue weighted by atomic mass is 79.9. The Labute approximate surface area is 136 Å². The van der Waals surface area contributed by atoms with Crippen LogP contribution in [-0.2, 0) is 4.79 Å². The van der Waals surface area contributed by atoms with Crippen molar-refractivity contribution in [3.05, 3.63) is 33.8 Å². The quantitative estimate of drug-likeness (QED) is 0.775. The molecule has 1 fully saturated rings. The normalized spacial score (nSPS) is 19.4. The lowest BCUT2D eigenvalue weighted by molar-refractivity contribution is -0.132. The van der Waals surface area contributed by atoms with Crippen molar-refractivity contribution in [3.63, 3.8) is 0 Å². The van der Waals surface area contributed by atoms with Crippen molar-refractivity contribution in [3.8, 4) is 0 Å². The van der Waals surface area contributed by atoms with Crippen molar-refractivity contribution in [2.45, 2.75) is 13.0 Å². The van der Waals surface area contributed by atoms with Gasteiger partial charge < -0.3 is 9.80 Å². The first-order chi connectivity index (χ1) is 9.99. The molecule has 0 aliphatic carbocycles. The molecule has 21 heavy (non-hydrogen) atoms. The lowest BCUT2D eigenvalue weighted by Gasteiger charge is -2.38. The third-order valence-electron chi connectivity index (χ3n) is 3.91. The molecule has 2 heterocycles. The second-order valence-electron chi connectivity index (χ2n) is 5.22. The molecule has 1 saturated heterocycles. The summed E-state index contributed by atoms with van der Waals surface area (Å²) in [5, 5.41) is 1.59. The molecule has 0 saturated carbocycles. The minimum absolute atomic E-state index is 0.114. The number of hydrogen-bond donors (Lipinski definition) is 0. The molecular formula is C15H15BrClN3O. The Bertz CT molecular complexity index is 721. The molecule has 1 aromatic carbocycles. The SMILES string of the molecule is CC1C(=O)N(C)CCN1c1ccc2c(Br)ccc(Cl)c2n1. The minimum Gasteiger partial charge on any atom is -0.343 e. The number of pyridine rings is 1. The zero-order valence-electron chi connectivity index (χ0n) is 11.8. The molecule has 1 aliphatic rings. The van der Waals surface area contributed by atoms with Gasteiger partial charge in [0.1, 0.15) is 11.9 Å². The summed E-state index contributed by atoms with van der Waals surface area (Å²) in [6, 6.07) is 7.46. The second-order valence-corrected chi connectivity index (χ2v) is 6.49.